The van der Waals surface area contributed by atoms with E-state index in [1.807, 2.05) is 0 Å². The number of halogens is 1. The van der Waals surface area contributed by atoms with Crippen molar-refractivity contribution < 1.29 is 14.7 Å². The van der Waals surface area contributed by atoms with E-state index in [4.69, 9.17) is 16.7 Å². The number of rotatable bonds is 2. The largest absolute Gasteiger partial charge is 0.480 e. The van der Waals surface area contributed by atoms with E-state index < -0.39 is 18.0 Å². The summed E-state index contributed by atoms with van der Waals surface area (Å²) < 4.78 is 0. The highest BCUT2D eigenvalue weighted by Crippen LogP contribution is 2.22. The monoisotopic (exact) mass is 286 g/mol. The number of anilines is 1. The van der Waals surface area contributed by atoms with E-state index in [0.717, 1.165) is 0 Å². The summed E-state index contributed by atoms with van der Waals surface area (Å²) in [5.74, 6) is -0.192. The van der Waals surface area contributed by atoms with Crippen molar-refractivity contribution in [3.05, 3.63) is 29.3 Å². The summed E-state index contributed by atoms with van der Waals surface area (Å²) in [5.41, 5.74) is 0.550. The maximum atomic E-state index is 11.9. The van der Waals surface area contributed by atoms with Crippen LogP contribution in [0.5, 0.6) is 0 Å². The van der Waals surface area contributed by atoms with Crippen molar-refractivity contribution in [1.29, 1.82) is 0 Å². The third kappa shape index (κ3) is 2.88. The number of nitrogens with one attached hydrogen (secondary N) is 1. The molecule has 1 fully saturated rings. The van der Waals surface area contributed by atoms with E-state index in [1.54, 1.807) is 24.3 Å². The zero-order valence-electron chi connectivity index (χ0n) is 9.30. The maximum absolute atomic E-state index is 11.9. The molecule has 2 amide bonds. The lowest BCUT2D eigenvalue weighted by Crippen LogP contribution is -2.43. The Hall–Kier alpha value is -1.40. The second-order valence-electron chi connectivity index (χ2n) is 3.76. The van der Waals surface area contributed by atoms with E-state index in [1.165, 1.54) is 16.7 Å². The standard InChI is InChI=1S/C11H11ClN2O3S/c12-7-2-1-3-8(4-7)13-11(17)14-6-18-5-9(14)10(15)16/h1-4,9H,5-6H2,(H,13,17)(H,15,16)/t9-/m0/s1. The minimum atomic E-state index is -0.985. The number of nitrogens with zero attached hydrogens (tertiary/aromatic N) is 1. The summed E-state index contributed by atoms with van der Waals surface area (Å²) in [5, 5.41) is 12.1. The van der Waals surface area contributed by atoms with Gasteiger partial charge in [-0.3, -0.25) is 0 Å². The van der Waals surface area contributed by atoms with Crippen molar-refractivity contribution in [1.82, 2.24) is 4.90 Å². The number of carboxylic acids is 1. The van der Waals surface area contributed by atoms with Crippen LogP contribution in [0.25, 0.3) is 0 Å². The molecule has 2 rings (SSSR count). The molecule has 1 aliphatic heterocycles. The van der Waals surface area contributed by atoms with Gasteiger partial charge in [-0.1, -0.05) is 17.7 Å². The van der Waals surface area contributed by atoms with Gasteiger partial charge in [-0.2, -0.15) is 0 Å². The third-order valence-electron chi connectivity index (χ3n) is 2.50. The number of thioether (sulfide) groups is 1. The molecule has 7 heteroatoms. The number of aliphatic carboxylic acids is 1. The number of carboxylic acid groups (broad SMARTS) is 1. The van der Waals surface area contributed by atoms with Crippen molar-refractivity contribution in [2.75, 3.05) is 16.9 Å². The fourth-order valence-electron chi connectivity index (χ4n) is 1.61. The van der Waals surface area contributed by atoms with Gasteiger partial charge < -0.3 is 15.3 Å². The molecule has 1 atom stereocenters. The van der Waals surface area contributed by atoms with Crippen molar-refractivity contribution in [3.63, 3.8) is 0 Å². The smallest absolute Gasteiger partial charge is 0.327 e. The van der Waals surface area contributed by atoms with Gasteiger partial charge in [0.2, 0.25) is 0 Å². The molecular weight excluding hydrogens is 276 g/mol. The first-order chi connectivity index (χ1) is 8.58. The number of amides is 2. The Morgan fingerprint density at radius 2 is 2.28 bits per heavy atom. The van der Waals surface area contributed by atoms with E-state index >= 15 is 0 Å². The highest BCUT2D eigenvalue weighted by atomic mass is 35.5. The lowest BCUT2D eigenvalue weighted by atomic mass is 10.3. The van der Waals surface area contributed by atoms with Crippen LogP contribution in [0.15, 0.2) is 24.3 Å². The van der Waals surface area contributed by atoms with Gasteiger partial charge in [0, 0.05) is 16.5 Å². The number of carbonyl (C=O) groups is 2. The molecule has 0 unspecified atom stereocenters. The van der Waals surface area contributed by atoms with Crippen LogP contribution in [-0.2, 0) is 4.79 Å². The zero-order chi connectivity index (χ0) is 13.1. The van der Waals surface area contributed by atoms with Crippen LogP contribution in [0.1, 0.15) is 0 Å². The number of urea groups is 1. The quantitative estimate of drug-likeness (QED) is 0.875. The van der Waals surface area contributed by atoms with Gasteiger partial charge in [0.25, 0.3) is 0 Å². The highest BCUT2D eigenvalue weighted by molar-refractivity contribution is 7.99. The second kappa shape index (κ2) is 5.49. The summed E-state index contributed by atoms with van der Waals surface area (Å²) in [6.45, 7) is 0. The third-order valence-corrected chi connectivity index (χ3v) is 3.75. The Morgan fingerprint density at radius 1 is 1.50 bits per heavy atom. The number of benzene rings is 1. The normalized spacial score (nSPS) is 18.7. The minimum Gasteiger partial charge on any atom is -0.480 e. The Balaban J connectivity index is 2.06. The van der Waals surface area contributed by atoms with Gasteiger partial charge >= 0.3 is 12.0 Å². The predicted octanol–water partition coefficient (Wildman–Crippen LogP) is 2.33. The van der Waals surface area contributed by atoms with Gasteiger partial charge in [0.05, 0.1) is 5.88 Å². The molecule has 18 heavy (non-hydrogen) atoms. The molecule has 96 valence electrons. The van der Waals surface area contributed by atoms with Crippen LogP contribution in [-0.4, -0.2) is 39.7 Å². The average Bonchev–Trinajstić information content (AvgIpc) is 2.77. The Bertz CT molecular complexity index is 483. The summed E-state index contributed by atoms with van der Waals surface area (Å²) >= 11 is 7.22. The summed E-state index contributed by atoms with van der Waals surface area (Å²) in [7, 11) is 0. The molecule has 0 radical (unpaired) electrons. The molecule has 0 aliphatic carbocycles. The molecule has 1 aromatic rings. The molecule has 1 heterocycles. The van der Waals surface area contributed by atoms with Crippen LogP contribution < -0.4 is 5.32 Å². The first-order valence-electron chi connectivity index (χ1n) is 5.21. The fraction of sp³-hybridized carbons (Fsp3) is 0.273. The maximum Gasteiger partial charge on any atom is 0.327 e. The highest BCUT2D eigenvalue weighted by Gasteiger charge is 2.34. The topological polar surface area (TPSA) is 69.6 Å². The molecule has 0 bridgehead atoms. The first-order valence-corrected chi connectivity index (χ1v) is 6.75. The number of carbonyl (C=O) groups excluding carboxylic acids is 1. The molecule has 1 aromatic carbocycles. The van der Waals surface area contributed by atoms with Crippen LogP contribution >= 0.6 is 23.4 Å². The van der Waals surface area contributed by atoms with E-state index in [9.17, 15) is 9.59 Å². The van der Waals surface area contributed by atoms with Crippen LogP contribution in [0, 0.1) is 0 Å². The number of hydrogen-bond donors (Lipinski definition) is 2. The molecule has 1 aliphatic rings. The first kappa shape index (κ1) is 13.0. The molecule has 0 spiro atoms. The summed E-state index contributed by atoms with van der Waals surface area (Å²) in [4.78, 5) is 24.2. The zero-order valence-corrected chi connectivity index (χ0v) is 10.9. The van der Waals surface area contributed by atoms with Gasteiger partial charge in [-0.25, -0.2) is 9.59 Å². The van der Waals surface area contributed by atoms with E-state index in [-0.39, 0.29) is 0 Å². The van der Waals surface area contributed by atoms with Crippen LogP contribution in [0.2, 0.25) is 5.02 Å². The molecule has 2 N–H and O–H groups in total. The molecule has 1 saturated heterocycles. The van der Waals surface area contributed by atoms with Crippen molar-refractivity contribution >= 4 is 41.1 Å². The summed E-state index contributed by atoms with van der Waals surface area (Å²) in [6, 6.07) is 5.53. The fourth-order valence-corrected chi connectivity index (χ4v) is 2.94. The van der Waals surface area contributed by atoms with E-state index in [2.05, 4.69) is 5.32 Å². The average molecular weight is 287 g/mol. The predicted molar refractivity (Wildman–Crippen MR) is 71.1 cm³/mol. The van der Waals surface area contributed by atoms with Crippen LogP contribution in [0.3, 0.4) is 0 Å². The minimum absolute atomic E-state index is 0.378. The number of hydrogen-bond acceptors (Lipinski definition) is 3. The Labute approximate surface area is 113 Å². The summed E-state index contributed by atoms with van der Waals surface area (Å²) in [6.07, 6.45) is 0. The lowest BCUT2D eigenvalue weighted by molar-refractivity contribution is -0.140. The molecule has 0 aromatic heterocycles. The van der Waals surface area contributed by atoms with Crippen molar-refractivity contribution in [3.8, 4) is 0 Å². The van der Waals surface area contributed by atoms with Crippen LogP contribution in [0.4, 0.5) is 10.5 Å². The van der Waals surface area contributed by atoms with E-state index in [0.29, 0.717) is 22.3 Å². The van der Waals surface area contributed by atoms with Gasteiger partial charge in [-0.15, -0.1) is 11.8 Å². The molecule has 0 saturated carbocycles. The van der Waals surface area contributed by atoms with Crippen molar-refractivity contribution in [2.24, 2.45) is 0 Å². The van der Waals surface area contributed by atoms with Gasteiger partial charge in [-0.05, 0) is 18.2 Å². The molecule has 5 nitrogen and oxygen atoms in total. The Kier molecular flexibility index (Phi) is 3.98. The second-order valence-corrected chi connectivity index (χ2v) is 5.20. The van der Waals surface area contributed by atoms with Gasteiger partial charge in [0.15, 0.2) is 0 Å². The Morgan fingerprint density at radius 3 is 2.94 bits per heavy atom. The van der Waals surface area contributed by atoms with Gasteiger partial charge in [0.1, 0.15) is 6.04 Å². The van der Waals surface area contributed by atoms with Crippen molar-refractivity contribution in [2.45, 2.75) is 6.04 Å². The SMILES string of the molecule is O=C(O)[C@@H]1CSCN1C(=O)Nc1cccc(Cl)c1. The molecular formula is C11H11ClN2O3S. The lowest BCUT2D eigenvalue weighted by Gasteiger charge is -2.20.